The Bertz CT molecular complexity index is 877. The molecule has 2 aliphatic rings. The molecule has 2 aromatic rings. The number of aromatic nitrogens is 4. The molecule has 2 aromatic heterocycles. The van der Waals surface area contributed by atoms with Gasteiger partial charge in [-0.25, -0.2) is 4.98 Å². The van der Waals surface area contributed by atoms with Crippen LogP contribution in [0.5, 0.6) is 0 Å². The number of aryl methyl sites for hydroxylation is 1. The van der Waals surface area contributed by atoms with E-state index in [0.29, 0.717) is 47.8 Å². The van der Waals surface area contributed by atoms with E-state index in [1.54, 1.807) is 6.07 Å². The summed E-state index contributed by atoms with van der Waals surface area (Å²) >= 11 is 0. The van der Waals surface area contributed by atoms with Crippen molar-refractivity contribution in [2.75, 3.05) is 23.8 Å². The minimum atomic E-state index is -0.143. The summed E-state index contributed by atoms with van der Waals surface area (Å²) < 4.78 is 0. The second kappa shape index (κ2) is 8.35. The molecule has 0 saturated carbocycles. The topological polar surface area (TPSA) is 117 Å². The molecule has 4 heterocycles. The lowest BCUT2D eigenvalue weighted by Crippen LogP contribution is -2.50. The first-order chi connectivity index (χ1) is 14.1. The molecule has 9 heteroatoms. The van der Waals surface area contributed by atoms with Crippen LogP contribution >= 0.6 is 0 Å². The summed E-state index contributed by atoms with van der Waals surface area (Å²) in [5.74, 6) is 1.91. The fraction of sp³-hybridized carbons (Fsp3) is 0.600. The summed E-state index contributed by atoms with van der Waals surface area (Å²) in [5, 5.41) is 28.9. The Morgan fingerprint density at radius 1 is 1.28 bits per heavy atom. The number of aliphatic hydroxyl groups excluding tert-OH is 1. The normalized spacial score (nSPS) is 23.7. The third kappa shape index (κ3) is 4.18. The highest BCUT2D eigenvalue weighted by molar-refractivity contribution is 5.54. The van der Waals surface area contributed by atoms with Gasteiger partial charge >= 0.3 is 0 Å². The van der Waals surface area contributed by atoms with Crippen LogP contribution in [0, 0.1) is 18.3 Å². The van der Waals surface area contributed by atoms with E-state index in [9.17, 15) is 5.11 Å². The predicted molar refractivity (Wildman–Crippen MR) is 110 cm³/mol. The van der Waals surface area contributed by atoms with E-state index in [0.717, 1.165) is 25.1 Å². The number of aromatic amines is 1. The van der Waals surface area contributed by atoms with Crippen molar-refractivity contribution < 1.29 is 5.11 Å². The summed E-state index contributed by atoms with van der Waals surface area (Å²) in [6.07, 6.45) is 5.09. The zero-order valence-electron chi connectivity index (χ0n) is 17.0. The zero-order chi connectivity index (χ0) is 20.4. The lowest BCUT2D eigenvalue weighted by molar-refractivity contribution is 0.129. The molecule has 2 aliphatic heterocycles. The molecule has 2 saturated heterocycles. The van der Waals surface area contributed by atoms with Crippen LogP contribution in [0.4, 0.5) is 17.6 Å². The van der Waals surface area contributed by atoms with Crippen LogP contribution in [0.15, 0.2) is 12.1 Å². The molecule has 0 aromatic carbocycles. The summed E-state index contributed by atoms with van der Waals surface area (Å²) in [6, 6.07) is 7.32. The van der Waals surface area contributed by atoms with E-state index < -0.39 is 0 Å². The van der Waals surface area contributed by atoms with Crippen LogP contribution in [-0.4, -0.2) is 61.9 Å². The third-order valence-electron chi connectivity index (χ3n) is 6.10. The first kappa shape index (κ1) is 19.6. The van der Waals surface area contributed by atoms with Gasteiger partial charge in [-0.15, -0.1) is 0 Å². The largest absolute Gasteiger partial charge is 0.390 e. The molecule has 3 atom stereocenters. The SMILES string of the molecule is Cc1cc(Nc2cc(CO)nc(N(C)[C@@H]3C[C@H]4CC[C@@H](C3)N4CCC#N)n2)n[nH]1. The minimum Gasteiger partial charge on any atom is -0.390 e. The number of hydrogen-bond acceptors (Lipinski definition) is 8. The fourth-order valence-electron chi connectivity index (χ4n) is 4.67. The van der Waals surface area contributed by atoms with Crippen molar-refractivity contribution in [2.45, 2.75) is 63.8 Å². The first-order valence-corrected chi connectivity index (χ1v) is 10.2. The molecule has 154 valence electrons. The number of nitriles is 1. The van der Waals surface area contributed by atoms with Gasteiger partial charge < -0.3 is 15.3 Å². The molecule has 9 nitrogen and oxygen atoms in total. The van der Waals surface area contributed by atoms with Gasteiger partial charge in [0.05, 0.1) is 18.4 Å². The number of nitrogens with zero attached hydrogens (tertiary/aromatic N) is 6. The Morgan fingerprint density at radius 2 is 2.03 bits per heavy atom. The molecule has 0 spiro atoms. The smallest absolute Gasteiger partial charge is 0.227 e. The Hall–Kier alpha value is -2.70. The van der Waals surface area contributed by atoms with Crippen molar-refractivity contribution in [3.8, 4) is 6.07 Å². The molecule has 0 amide bonds. The van der Waals surface area contributed by atoms with E-state index in [2.05, 4.69) is 41.4 Å². The number of nitrogens with one attached hydrogen (secondary N) is 2. The second-order valence-electron chi connectivity index (χ2n) is 8.03. The van der Waals surface area contributed by atoms with Crippen LogP contribution in [-0.2, 0) is 6.61 Å². The number of fused-ring (bicyclic) bond motifs is 2. The molecule has 3 N–H and O–H groups in total. The zero-order valence-corrected chi connectivity index (χ0v) is 17.0. The number of hydrogen-bond donors (Lipinski definition) is 3. The van der Waals surface area contributed by atoms with Crippen LogP contribution in [0.1, 0.15) is 43.5 Å². The standard InChI is InChI=1S/C20H28N8O/c1-13-8-19(26-25-13)23-18-9-14(12-29)22-20(24-18)27(2)17-10-15-4-5-16(11-17)28(15)7-3-6-21/h8-9,15-17,29H,3-5,7,10-12H2,1-2H3,(H2,22,23,24,25,26)/t15-,16+,17-. The summed E-state index contributed by atoms with van der Waals surface area (Å²) in [6.45, 7) is 2.67. The molecular formula is C20H28N8O. The van der Waals surface area contributed by atoms with E-state index in [4.69, 9.17) is 5.26 Å². The van der Waals surface area contributed by atoms with Crippen LogP contribution in [0.3, 0.4) is 0 Å². The van der Waals surface area contributed by atoms with Gasteiger partial charge in [-0.3, -0.25) is 10.00 Å². The van der Waals surface area contributed by atoms with Crippen LogP contribution in [0.25, 0.3) is 0 Å². The van der Waals surface area contributed by atoms with E-state index in [1.165, 1.54) is 12.8 Å². The maximum absolute atomic E-state index is 9.67. The third-order valence-corrected chi connectivity index (χ3v) is 6.10. The van der Waals surface area contributed by atoms with E-state index in [1.807, 2.05) is 20.0 Å². The highest BCUT2D eigenvalue weighted by Gasteiger charge is 2.41. The van der Waals surface area contributed by atoms with Gasteiger partial charge in [0, 0.05) is 56.0 Å². The van der Waals surface area contributed by atoms with Gasteiger partial charge in [-0.2, -0.15) is 15.3 Å². The van der Waals surface area contributed by atoms with Crippen molar-refractivity contribution >= 4 is 17.6 Å². The number of anilines is 3. The van der Waals surface area contributed by atoms with Gasteiger partial charge in [0.1, 0.15) is 5.82 Å². The Morgan fingerprint density at radius 3 is 2.66 bits per heavy atom. The Kier molecular flexibility index (Phi) is 5.65. The number of aliphatic hydroxyl groups is 1. The van der Waals surface area contributed by atoms with Gasteiger partial charge in [0.15, 0.2) is 5.82 Å². The Labute approximate surface area is 170 Å². The Balaban J connectivity index is 1.50. The average molecular weight is 396 g/mol. The highest BCUT2D eigenvalue weighted by atomic mass is 16.3. The number of piperidine rings is 1. The van der Waals surface area contributed by atoms with Crippen molar-refractivity contribution in [1.29, 1.82) is 5.26 Å². The quantitative estimate of drug-likeness (QED) is 0.651. The minimum absolute atomic E-state index is 0.143. The molecule has 2 fully saturated rings. The fourth-order valence-corrected chi connectivity index (χ4v) is 4.67. The first-order valence-electron chi connectivity index (χ1n) is 10.2. The maximum atomic E-state index is 9.67. The molecule has 2 bridgehead atoms. The van der Waals surface area contributed by atoms with Gasteiger partial charge in [0.2, 0.25) is 5.95 Å². The van der Waals surface area contributed by atoms with Gasteiger partial charge in [-0.1, -0.05) is 0 Å². The van der Waals surface area contributed by atoms with E-state index in [-0.39, 0.29) is 6.61 Å². The second-order valence-corrected chi connectivity index (χ2v) is 8.03. The van der Waals surface area contributed by atoms with Crippen molar-refractivity contribution in [1.82, 2.24) is 25.1 Å². The van der Waals surface area contributed by atoms with Gasteiger partial charge in [0.25, 0.3) is 0 Å². The summed E-state index contributed by atoms with van der Waals surface area (Å²) in [7, 11) is 2.04. The molecule has 29 heavy (non-hydrogen) atoms. The van der Waals surface area contributed by atoms with Crippen LogP contribution in [0.2, 0.25) is 0 Å². The number of rotatable bonds is 7. The molecule has 0 unspecified atom stereocenters. The van der Waals surface area contributed by atoms with Crippen molar-refractivity contribution in [3.05, 3.63) is 23.5 Å². The predicted octanol–water partition coefficient (Wildman–Crippen LogP) is 2.09. The highest BCUT2D eigenvalue weighted by Crippen LogP contribution is 2.38. The maximum Gasteiger partial charge on any atom is 0.227 e. The lowest BCUT2D eigenvalue weighted by atomic mass is 9.96. The number of H-pyrrole nitrogens is 1. The van der Waals surface area contributed by atoms with E-state index >= 15 is 0 Å². The average Bonchev–Trinajstić information content (AvgIpc) is 3.23. The summed E-state index contributed by atoms with van der Waals surface area (Å²) in [5.41, 5.74) is 1.53. The van der Waals surface area contributed by atoms with Crippen LogP contribution < -0.4 is 10.2 Å². The lowest BCUT2D eigenvalue weighted by Gasteiger charge is -2.42. The molecule has 0 radical (unpaired) electrons. The summed E-state index contributed by atoms with van der Waals surface area (Å²) in [4.78, 5) is 13.9. The monoisotopic (exact) mass is 396 g/mol. The molecule has 4 rings (SSSR count). The molecular weight excluding hydrogens is 368 g/mol. The molecule has 0 aliphatic carbocycles. The van der Waals surface area contributed by atoms with Crippen molar-refractivity contribution in [2.24, 2.45) is 0 Å². The van der Waals surface area contributed by atoms with Gasteiger partial charge in [-0.05, 0) is 32.6 Å². The van der Waals surface area contributed by atoms with Crippen molar-refractivity contribution in [3.63, 3.8) is 0 Å².